The number of rotatable bonds is 4. The molecule has 0 aliphatic carbocycles. The van der Waals surface area contributed by atoms with Crippen molar-refractivity contribution in [2.45, 2.75) is 25.3 Å². The Hall–Kier alpha value is -3.34. The van der Waals surface area contributed by atoms with Crippen molar-refractivity contribution in [3.63, 3.8) is 0 Å². The summed E-state index contributed by atoms with van der Waals surface area (Å²) >= 11 is 0. The fourth-order valence-electron chi connectivity index (χ4n) is 3.66. The summed E-state index contributed by atoms with van der Waals surface area (Å²) in [4.78, 5) is 39.1. The summed E-state index contributed by atoms with van der Waals surface area (Å²) in [6.07, 6.45) is 2.66. The van der Waals surface area contributed by atoms with Crippen molar-refractivity contribution in [2.24, 2.45) is 14.1 Å². The quantitative estimate of drug-likeness (QED) is 0.842. The number of amides is 1. The van der Waals surface area contributed by atoms with Crippen LogP contribution in [0.5, 0.6) is 0 Å². The smallest absolute Gasteiger partial charge is 0.332 e. The SMILES string of the molecule is Cn1c(N2CCCC[C@@H]2CNC(=O)c2ccccc2)c(C#N)c(=O)n(C)c1=O. The monoisotopic (exact) mass is 381 g/mol. The number of piperidine rings is 1. The molecule has 28 heavy (non-hydrogen) atoms. The minimum Gasteiger partial charge on any atom is -0.352 e. The molecule has 1 amide bonds. The molecule has 8 heteroatoms. The molecule has 1 saturated heterocycles. The van der Waals surface area contributed by atoms with Gasteiger partial charge in [0, 0.05) is 38.8 Å². The number of carbonyl (C=O) groups is 1. The third-order valence-electron chi connectivity index (χ3n) is 5.18. The van der Waals surface area contributed by atoms with Gasteiger partial charge in [-0.25, -0.2) is 4.79 Å². The van der Waals surface area contributed by atoms with Crippen LogP contribution in [0.2, 0.25) is 0 Å². The number of anilines is 1. The lowest BCUT2D eigenvalue weighted by molar-refractivity contribution is 0.0949. The van der Waals surface area contributed by atoms with E-state index in [9.17, 15) is 19.6 Å². The number of benzene rings is 1. The van der Waals surface area contributed by atoms with Crippen LogP contribution in [0.25, 0.3) is 0 Å². The van der Waals surface area contributed by atoms with Crippen LogP contribution in [0.15, 0.2) is 39.9 Å². The van der Waals surface area contributed by atoms with Crippen LogP contribution in [0, 0.1) is 11.3 Å². The van der Waals surface area contributed by atoms with Crippen LogP contribution >= 0.6 is 0 Å². The average Bonchev–Trinajstić information content (AvgIpc) is 2.74. The molecule has 0 radical (unpaired) electrons. The molecule has 0 saturated carbocycles. The Morgan fingerprint density at radius 2 is 1.89 bits per heavy atom. The van der Waals surface area contributed by atoms with E-state index in [-0.39, 0.29) is 17.5 Å². The summed E-state index contributed by atoms with van der Waals surface area (Å²) in [6.45, 7) is 0.975. The minimum atomic E-state index is -0.599. The maximum atomic E-state index is 12.4. The maximum Gasteiger partial charge on any atom is 0.332 e. The summed E-state index contributed by atoms with van der Waals surface area (Å²) in [5, 5.41) is 12.5. The van der Waals surface area contributed by atoms with Crippen molar-refractivity contribution in [1.29, 1.82) is 5.26 Å². The molecule has 1 aliphatic rings. The van der Waals surface area contributed by atoms with E-state index in [0.29, 0.717) is 24.5 Å². The fraction of sp³-hybridized carbons (Fsp3) is 0.400. The summed E-state index contributed by atoms with van der Waals surface area (Å²) in [6, 6.07) is 10.8. The van der Waals surface area contributed by atoms with Gasteiger partial charge in [-0.05, 0) is 31.4 Å². The Kier molecular flexibility index (Phi) is 5.64. The highest BCUT2D eigenvalue weighted by Crippen LogP contribution is 2.25. The van der Waals surface area contributed by atoms with E-state index in [1.165, 1.54) is 11.6 Å². The van der Waals surface area contributed by atoms with Gasteiger partial charge in [0.25, 0.3) is 11.5 Å². The van der Waals surface area contributed by atoms with Crippen molar-refractivity contribution < 1.29 is 4.79 Å². The number of aromatic nitrogens is 2. The lowest BCUT2D eigenvalue weighted by Gasteiger charge is -2.38. The highest BCUT2D eigenvalue weighted by atomic mass is 16.2. The first-order valence-corrected chi connectivity index (χ1v) is 9.25. The van der Waals surface area contributed by atoms with Crippen LogP contribution < -0.4 is 21.5 Å². The van der Waals surface area contributed by atoms with Gasteiger partial charge in [-0.15, -0.1) is 0 Å². The van der Waals surface area contributed by atoms with Gasteiger partial charge in [0.15, 0.2) is 5.56 Å². The highest BCUT2D eigenvalue weighted by Gasteiger charge is 2.29. The first-order chi connectivity index (χ1) is 13.5. The number of nitriles is 1. The zero-order chi connectivity index (χ0) is 20.3. The molecule has 0 bridgehead atoms. The molecule has 3 rings (SSSR count). The standard InChI is InChI=1S/C20H23N5O3/c1-23-18(16(12-21)19(27)24(2)20(23)28)25-11-7-6-10-15(25)13-22-17(26)14-8-4-3-5-9-14/h3-5,8-9,15H,6-7,10-11,13H2,1-2H3,(H,22,26)/t15-/m1/s1. The zero-order valence-corrected chi connectivity index (χ0v) is 16.0. The lowest BCUT2D eigenvalue weighted by Crippen LogP contribution is -2.51. The number of nitrogens with one attached hydrogen (secondary N) is 1. The Bertz CT molecular complexity index is 1030. The second kappa shape index (κ2) is 8.13. The van der Waals surface area contributed by atoms with Crippen molar-refractivity contribution in [2.75, 3.05) is 18.0 Å². The van der Waals surface area contributed by atoms with Crippen LogP contribution in [0.3, 0.4) is 0 Å². The predicted molar refractivity (Wildman–Crippen MR) is 105 cm³/mol. The van der Waals surface area contributed by atoms with E-state index < -0.39 is 11.2 Å². The van der Waals surface area contributed by atoms with Crippen LogP contribution in [-0.4, -0.2) is 34.2 Å². The van der Waals surface area contributed by atoms with Gasteiger partial charge in [-0.3, -0.25) is 18.7 Å². The van der Waals surface area contributed by atoms with E-state index in [0.717, 1.165) is 23.8 Å². The van der Waals surface area contributed by atoms with Gasteiger partial charge in [-0.1, -0.05) is 18.2 Å². The molecule has 146 valence electrons. The van der Waals surface area contributed by atoms with Crippen LogP contribution in [0.1, 0.15) is 35.2 Å². The largest absolute Gasteiger partial charge is 0.352 e. The highest BCUT2D eigenvalue weighted by molar-refractivity contribution is 5.94. The number of hydrogen-bond donors (Lipinski definition) is 1. The van der Waals surface area contributed by atoms with Crippen molar-refractivity contribution >= 4 is 11.7 Å². The molecule has 1 N–H and O–H groups in total. The lowest BCUT2D eigenvalue weighted by atomic mass is 10.0. The third-order valence-corrected chi connectivity index (χ3v) is 5.18. The summed E-state index contributed by atoms with van der Waals surface area (Å²) in [7, 11) is 2.93. The topological polar surface area (TPSA) is 100 Å². The van der Waals surface area contributed by atoms with Gasteiger partial charge in [0.2, 0.25) is 0 Å². The van der Waals surface area contributed by atoms with E-state index >= 15 is 0 Å². The molecule has 0 spiro atoms. The van der Waals surface area contributed by atoms with Gasteiger partial charge in [-0.2, -0.15) is 5.26 Å². The van der Waals surface area contributed by atoms with Gasteiger partial charge < -0.3 is 10.2 Å². The predicted octanol–water partition coefficient (Wildman–Crippen LogP) is 0.745. The Morgan fingerprint density at radius 3 is 2.57 bits per heavy atom. The first-order valence-electron chi connectivity index (χ1n) is 9.25. The fourth-order valence-corrected chi connectivity index (χ4v) is 3.66. The summed E-state index contributed by atoms with van der Waals surface area (Å²) in [5.41, 5.74) is -0.552. The average molecular weight is 381 g/mol. The molecular formula is C20H23N5O3. The Labute approximate surface area is 162 Å². The molecular weight excluding hydrogens is 358 g/mol. The van der Waals surface area contributed by atoms with Crippen molar-refractivity contribution in [3.05, 3.63) is 62.3 Å². The first kappa shape index (κ1) is 19.4. The third kappa shape index (κ3) is 3.56. The molecule has 1 aromatic carbocycles. The number of hydrogen-bond acceptors (Lipinski definition) is 5. The Balaban J connectivity index is 1.91. The summed E-state index contributed by atoms with van der Waals surface area (Å²) in [5.74, 6) is 0.152. The van der Waals surface area contributed by atoms with Gasteiger partial charge in [0.05, 0.1) is 0 Å². The Morgan fingerprint density at radius 1 is 1.18 bits per heavy atom. The zero-order valence-electron chi connectivity index (χ0n) is 16.0. The molecule has 1 atom stereocenters. The number of nitrogens with zero attached hydrogens (tertiary/aromatic N) is 4. The van der Waals surface area contributed by atoms with E-state index in [4.69, 9.17) is 0 Å². The molecule has 8 nitrogen and oxygen atoms in total. The molecule has 1 aromatic heterocycles. The second-order valence-electron chi connectivity index (χ2n) is 6.94. The van der Waals surface area contributed by atoms with E-state index in [2.05, 4.69) is 5.32 Å². The molecule has 0 unspecified atom stereocenters. The second-order valence-corrected chi connectivity index (χ2v) is 6.94. The summed E-state index contributed by atoms with van der Waals surface area (Å²) < 4.78 is 2.29. The molecule has 1 fully saturated rings. The minimum absolute atomic E-state index is 0.0501. The van der Waals surface area contributed by atoms with E-state index in [1.807, 2.05) is 17.0 Å². The van der Waals surface area contributed by atoms with Crippen molar-refractivity contribution in [1.82, 2.24) is 14.5 Å². The van der Waals surface area contributed by atoms with Crippen LogP contribution in [0.4, 0.5) is 5.82 Å². The molecule has 1 aliphatic heterocycles. The van der Waals surface area contributed by atoms with Gasteiger partial charge >= 0.3 is 5.69 Å². The molecule has 2 aromatic rings. The van der Waals surface area contributed by atoms with Gasteiger partial charge in [0.1, 0.15) is 11.9 Å². The molecule has 2 heterocycles. The van der Waals surface area contributed by atoms with E-state index in [1.54, 1.807) is 31.3 Å². The van der Waals surface area contributed by atoms with Crippen molar-refractivity contribution in [3.8, 4) is 6.07 Å². The number of carbonyl (C=O) groups excluding carboxylic acids is 1. The maximum absolute atomic E-state index is 12.4. The van der Waals surface area contributed by atoms with Crippen LogP contribution in [-0.2, 0) is 14.1 Å². The normalized spacial score (nSPS) is 16.5.